The monoisotopic (exact) mass is 463 g/mol. The van der Waals surface area contributed by atoms with Gasteiger partial charge in [-0.15, -0.1) is 0 Å². The van der Waals surface area contributed by atoms with E-state index < -0.39 is 15.8 Å². The van der Waals surface area contributed by atoms with Crippen molar-refractivity contribution in [2.24, 2.45) is 0 Å². The fourth-order valence-corrected chi connectivity index (χ4v) is 5.45. The maximum Gasteiger partial charge on any atom is 0.419 e. The lowest BCUT2D eigenvalue weighted by atomic mass is 10.2. The predicted molar refractivity (Wildman–Crippen MR) is 118 cm³/mol. The number of halogens is 1. The summed E-state index contributed by atoms with van der Waals surface area (Å²) in [6, 6.07) is 9.55. The highest BCUT2D eigenvalue weighted by molar-refractivity contribution is 7.89. The maximum absolute atomic E-state index is 12.7. The molecule has 1 amide bonds. The van der Waals surface area contributed by atoms with Crippen LogP contribution in [0.15, 0.2) is 50.5 Å². The topological polar surface area (TPSA) is 102 Å². The van der Waals surface area contributed by atoms with Crippen LogP contribution in [0.4, 0.5) is 5.69 Å². The second-order valence-corrected chi connectivity index (χ2v) is 9.89. The summed E-state index contributed by atoms with van der Waals surface area (Å²) in [6.07, 6.45) is 1.72. The van der Waals surface area contributed by atoms with Gasteiger partial charge in [-0.05, 0) is 55.7 Å². The van der Waals surface area contributed by atoms with Crippen LogP contribution in [0.25, 0.3) is 11.1 Å². The van der Waals surface area contributed by atoms with E-state index in [1.807, 2.05) is 6.92 Å². The summed E-state index contributed by atoms with van der Waals surface area (Å²) >= 11 is 5.93. The first-order valence-corrected chi connectivity index (χ1v) is 11.8. The Hall–Kier alpha value is -2.62. The molecule has 3 aromatic rings. The van der Waals surface area contributed by atoms with Crippen LogP contribution in [0.1, 0.15) is 24.8 Å². The molecule has 2 heterocycles. The van der Waals surface area contributed by atoms with Crippen molar-refractivity contribution in [3.8, 4) is 0 Å². The highest BCUT2D eigenvalue weighted by atomic mass is 35.5. The van der Waals surface area contributed by atoms with E-state index in [1.54, 1.807) is 24.3 Å². The first kappa shape index (κ1) is 21.6. The minimum absolute atomic E-state index is 0.0461. The molecule has 1 N–H and O–H groups in total. The van der Waals surface area contributed by atoms with E-state index in [1.165, 1.54) is 21.0 Å². The van der Waals surface area contributed by atoms with E-state index in [4.69, 9.17) is 16.0 Å². The number of aryl methyl sites for hydroxylation is 2. The Labute approximate surface area is 184 Å². The molecule has 2 aromatic carbocycles. The Balaban J connectivity index is 1.51. The number of nitrogens with zero attached hydrogens (tertiary/aromatic N) is 2. The molecule has 1 aliphatic heterocycles. The van der Waals surface area contributed by atoms with Crippen LogP contribution >= 0.6 is 11.6 Å². The fourth-order valence-electron chi connectivity index (χ4n) is 3.69. The number of anilines is 1. The number of nitrogens with one attached hydrogen (secondary N) is 1. The molecule has 0 aliphatic carbocycles. The number of rotatable bonds is 6. The molecule has 0 spiro atoms. The van der Waals surface area contributed by atoms with Crippen molar-refractivity contribution >= 4 is 44.3 Å². The van der Waals surface area contributed by atoms with Gasteiger partial charge in [0, 0.05) is 42.8 Å². The molecule has 0 radical (unpaired) electrons. The summed E-state index contributed by atoms with van der Waals surface area (Å²) in [5, 5.41) is 3.38. The van der Waals surface area contributed by atoms with Crippen molar-refractivity contribution in [1.82, 2.24) is 8.87 Å². The number of oxazole rings is 1. The quantitative estimate of drug-likeness (QED) is 0.603. The van der Waals surface area contributed by atoms with Crippen molar-refractivity contribution < 1.29 is 17.6 Å². The SMILES string of the molecule is Cc1cc(Cl)ccc1NC(=O)CCn1c(=O)oc2cc(S(=O)(=O)N3CCCC3)ccc21. The molecule has 1 aliphatic rings. The zero-order valence-corrected chi connectivity index (χ0v) is 18.5. The van der Waals surface area contributed by atoms with Gasteiger partial charge in [-0.3, -0.25) is 9.36 Å². The number of carbonyl (C=O) groups excluding carboxylic acids is 1. The summed E-state index contributed by atoms with van der Waals surface area (Å²) in [5.41, 5.74) is 2.11. The van der Waals surface area contributed by atoms with Crippen molar-refractivity contribution in [3.05, 3.63) is 57.5 Å². The number of fused-ring (bicyclic) bond motifs is 1. The third kappa shape index (κ3) is 4.39. The van der Waals surface area contributed by atoms with E-state index in [9.17, 15) is 18.0 Å². The molecule has 0 atom stereocenters. The van der Waals surface area contributed by atoms with Crippen molar-refractivity contribution in [1.29, 1.82) is 0 Å². The molecular weight excluding hydrogens is 442 g/mol. The van der Waals surface area contributed by atoms with E-state index in [2.05, 4.69) is 5.32 Å². The largest absolute Gasteiger partial charge is 0.419 e. The first-order valence-electron chi connectivity index (χ1n) is 9.95. The molecule has 1 fully saturated rings. The van der Waals surface area contributed by atoms with Gasteiger partial charge in [0.05, 0.1) is 10.4 Å². The zero-order chi connectivity index (χ0) is 22.2. The highest BCUT2D eigenvalue weighted by Gasteiger charge is 2.28. The van der Waals surface area contributed by atoms with Crippen molar-refractivity contribution in [2.45, 2.75) is 37.6 Å². The lowest BCUT2D eigenvalue weighted by Gasteiger charge is -2.15. The number of hydrogen-bond donors (Lipinski definition) is 1. The minimum atomic E-state index is -3.61. The smallest absolute Gasteiger partial charge is 0.408 e. The molecule has 164 valence electrons. The van der Waals surface area contributed by atoms with Crippen LogP contribution in [0, 0.1) is 6.92 Å². The lowest BCUT2D eigenvalue weighted by molar-refractivity contribution is -0.116. The zero-order valence-electron chi connectivity index (χ0n) is 16.9. The Morgan fingerprint density at radius 3 is 2.61 bits per heavy atom. The second-order valence-electron chi connectivity index (χ2n) is 7.52. The highest BCUT2D eigenvalue weighted by Crippen LogP contribution is 2.24. The van der Waals surface area contributed by atoms with Gasteiger partial charge in [0.2, 0.25) is 15.9 Å². The lowest BCUT2D eigenvalue weighted by Crippen LogP contribution is -2.27. The summed E-state index contributed by atoms with van der Waals surface area (Å²) in [4.78, 5) is 24.8. The Morgan fingerprint density at radius 1 is 1.16 bits per heavy atom. The van der Waals surface area contributed by atoms with Crippen LogP contribution in [0.5, 0.6) is 0 Å². The molecule has 4 rings (SSSR count). The molecule has 10 heteroatoms. The third-order valence-corrected chi connectivity index (χ3v) is 7.50. The Morgan fingerprint density at radius 2 is 1.90 bits per heavy atom. The van der Waals surface area contributed by atoms with E-state index in [-0.39, 0.29) is 29.4 Å². The van der Waals surface area contributed by atoms with E-state index in [0.717, 1.165) is 18.4 Å². The number of carbonyl (C=O) groups is 1. The van der Waals surface area contributed by atoms with Crippen LogP contribution in [0.2, 0.25) is 5.02 Å². The number of hydrogen-bond acceptors (Lipinski definition) is 5. The van der Waals surface area contributed by atoms with E-state index in [0.29, 0.717) is 29.3 Å². The summed E-state index contributed by atoms with van der Waals surface area (Å²) in [7, 11) is -3.61. The van der Waals surface area contributed by atoms with Gasteiger partial charge in [0.1, 0.15) is 0 Å². The molecule has 1 saturated heterocycles. The normalized spacial score (nSPS) is 14.9. The van der Waals surface area contributed by atoms with Gasteiger partial charge >= 0.3 is 5.76 Å². The molecule has 0 bridgehead atoms. The molecule has 8 nitrogen and oxygen atoms in total. The fraction of sp³-hybridized carbons (Fsp3) is 0.333. The van der Waals surface area contributed by atoms with Gasteiger partial charge in [-0.2, -0.15) is 4.31 Å². The standard InChI is InChI=1S/C21H22ClN3O5S/c1-14-12-15(22)4-6-17(14)23-20(26)8-11-25-18-7-5-16(13-19(18)30-21(25)27)31(28,29)24-9-2-3-10-24/h4-7,12-13H,2-3,8-11H2,1H3,(H,23,26). The number of amides is 1. The molecule has 1 aromatic heterocycles. The van der Waals surface area contributed by atoms with Crippen LogP contribution in [0.3, 0.4) is 0 Å². The number of aromatic nitrogens is 1. The van der Waals surface area contributed by atoms with E-state index >= 15 is 0 Å². The average molecular weight is 464 g/mol. The first-order chi connectivity index (χ1) is 14.8. The van der Waals surface area contributed by atoms with Crippen LogP contribution < -0.4 is 11.1 Å². The van der Waals surface area contributed by atoms with Gasteiger partial charge in [-0.1, -0.05) is 11.6 Å². The van der Waals surface area contributed by atoms with Gasteiger partial charge in [0.15, 0.2) is 5.58 Å². The van der Waals surface area contributed by atoms with Crippen molar-refractivity contribution in [3.63, 3.8) is 0 Å². The van der Waals surface area contributed by atoms with Gasteiger partial charge in [-0.25, -0.2) is 13.2 Å². The molecule has 0 unspecified atom stereocenters. The predicted octanol–water partition coefficient (Wildman–Crippen LogP) is 3.37. The van der Waals surface area contributed by atoms with Gasteiger partial charge in [0.25, 0.3) is 0 Å². The molecular formula is C21H22ClN3O5S. The van der Waals surface area contributed by atoms with Gasteiger partial charge < -0.3 is 9.73 Å². The summed E-state index contributed by atoms with van der Waals surface area (Å²) in [6.45, 7) is 2.92. The van der Waals surface area contributed by atoms with Crippen LogP contribution in [-0.4, -0.2) is 36.3 Å². The molecule has 31 heavy (non-hydrogen) atoms. The average Bonchev–Trinajstić information content (AvgIpc) is 3.36. The summed E-state index contributed by atoms with van der Waals surface area (Å²) < 4.78 is 33.5. The Bertz CT molecular complexity index is 1310. The summed E-state index contributed by atoms with van der Waals surface area (Å²) in [5.74, 6) is -0.902. The number of sulfonamides is 1. The molecule has 0 saturated carbocycles. The van der Waals surface area contributed by atoms with Crippen LogP contribution in [-0.2, 0) is 21.4 Å². The number of benzene rings is 2. The second kappa shape index (κ2) is 8.49. The van der Waals surface area contributed by atoms with Crippen molar-refractivity contribution in [2.75, 3.05) is 18.4 Å². The maximum atomic E-state index is 12.7. The minimum Gasteiger partial charge on any atom is -0.408 e. The third-order valence-electron chi connectivity index (χ3n) is 5.37. The Kier molecular flexibility index (Phi) is 5.92.